The Morgan fingerprint density at radius 1 is 1.38 bits per heavy atom. The summed E-state index contributed by atoms with van der Waals surface area (Å²) in [6, 6.07) is 7.64. The molecule has 0 radical (unpaired) electrons. The van der Waals surface area contributed by atoms with E-state index in [0.29, 0.717) is 19.3 Å². The van der Waals surface area contributed by atoms with Gasteiger partial charge in [0.05, 0.1) is 17.8 Å². The number of esters is 1. The molecule has 21 heavy (non-hydrogen) atoms. The van der Waals surface area contributed by atoms with Gasteiger partial charge in [0.1, 0.15) is 11.9 Å². The predicted octanol–water partition coefficient (Wildman–Crippen LogP) is 2.65. The molecule has 1 saturated carbocycles. The lowest BCUT2D eigenvalue weighted by Crippen LogP contribution is -2.29. The standard InChI is InChI=1S/C16H18N2O3/c1-11(19)21-16-8-4-6-13(20)9-15(16)18-14-7-3-2-5-12(14)10-17-18/h2-3,5,7,10,15-16H,4,6,8-9H2,1H3. The van der Waals surface area contributed by atoms with Crippen LogP contribution in [0.1, 0.15) is 38.6 Å². The first-order valence-electron chi connectivity index (χ1n) is 7.26. The third kappa shape index (κ3) is 2.82. The fraction of sp³-hybridized carbons (Fsp3) is 0.438. The van der Waals surface area contributed by atoms with Gasteiger partial charge in [0.15, 0.2) is 0 Å². The van der Waals surface area contributed by atoms with Crippen LogP contribution in [-0.4, -0.2) is 27.6 Å². The zero-order valence-electron chi connectivity index (χ0n) is 12.0. The van der Waals surface area contributed by atoms with E-state index in [-0.39, 0.29) is 23.9 Å². The number of nitrogens with zero attached hydrogens (tertiary/aromatic N) is 2. The van der Waals surface area contributed by atoms with Gasteiger partial charge < -0.3 is 4.74 Å². The number of para-hydroxylation sites is 1. The van der Waals surface area contributed by atoms with Gasteiger partial charge in [-0.25, -0.2) is 0 Å². The van der Waals surface area contributed by atoms with Gasteiger partial charge in [-0.3, -0.25) is 14.3 Å². The van der Waals surface area contributed by atoms with Crippen molar-refractivity contribution in [2.75, 3.05) is 0 Å². The van der Waals surface area contributed by atoms with Gasteiger partial charge in [-0.2, -0.15) is 5.10 Å². The van der Waals surface area contributed by atoms with Crippen LogP contribution in [0.25, 0.3) is 10.9 Å². The summed E-state index contributed by atoms with van der Waals surface area (Å²) in [6.45, 7) is 1.41. The fourth-order valence-electron chi connectivity index (χ4n) is 3.01. The third-order valence-corrected chi connectivity index (χ3v) is 3.95. The van der Waals surface area contributed by atoms with Crippen LogP contribution in [0.5, 0.6) is 0 Å². The van der Waals surface area contributed by atoms with E-state index in [1.54, 1.807) is 6.20 Å². The molecule has 5 nitrogen and oxygen atoms in total. The molecular formula is C16H18N2O3. The van der Waals surface area contributed by atoms with E-state index in [0.717, 1.165) is 17.3 Å². The first-order chi connectivity index (χ1) is 10.1. The van der Waals surface area contributed by atoms with Crippen molar-refractivity contribution in [1.29, 1.82) is 0 Å². The maximum absolute atomic E-state index is 12.0. The van der Waals surface area contributed by atoms with Crippen LogP contribution in [0, 0.1) is 0 Å². The summed E-state index contributed by atoms with van der Waals surface area (Å²) in [7, 11) is 0. The van der Waals surface area contributed by atoms with Gasteiger partial charge >= 0.3 is 5.97 Å². The topological polar surface area (TPSA) is 61.2 Å². The smallest absolute Gasteiger partial charge is 0.302 e. The molecule has 110 valence electrons. The van der Waals surface area contributed by atoms with Gasteiger partial charge in [-0.15, -0.1) is 0 Å². The van der Waals surface area contributed by atoms with Gasteiger partial charge in [-0.1, -0.05) is 18.2 Å². The first kappa shape index (κ1) is 13.8. The highest BCUT2D eigenvalue weighted by atomic mass is 16.5. The SMILES string of the molecule is CC(=O)OC1CCCC(=O)CC1n1ncc2ccccc21. The van der Waals surface area contributed by atoms with Crippen LogP contribution in [0.15, 0.2) is 30.5 Å². The number of ketones is 1. The zero-order chi connectivity index (χ0) is 14.8. The Morgan fingerprint density at radius 2 is 2.19 bits per heavy atom. The Morgan fingerprint density at radius 3 is 3.00 bits per heavy atom. The lowest BCUT2D eigenvalue weighted by molar-refractivity contribution is -0.149. The summed E-state index contributed by atoms with van der Waals surface area (Å²) < 4.78 is 7.29. The quantitative estimate of drug-likeness (QED) is 0.629. The molecule has 0 N–H and O–H groups in total. The van der Waals surface area contributed by atoms with Crippen molar-refractivity contribution in [1.82, 2.24) is 9.78 Å². The van der Waals surface area contributed by atoms with Crippen LogP contribution in [0.2, 0.25) is 0 Å². The Hall–Kier alpha value is -2.17. The first-order valence-corrected chi connectivity index (χ1v) is 7.26. The van der Waals surface area contributed by atoms with E-state index < -0.39 is 0 Å². The molecule has 1 heterocycles. The van der Waals surface area contributed by atoms with Gasteiger partial charge in [0.25, 0.3) is 0 Å². The number of Topliss-reactive ketones (excluding diaryl/α,β-unsaturated/α-hetero) is 1. The van der Waals surface area contributed by atoms with Crippen molar-refractivity contribution in [2.45, 2.75) is 44.8 Å². The Labute approximate surface area is 122 Å². The Balaban J connectivity index is 2.01. The second-order valence-corrected chi connectivity index (χ2v) is 5.50. The maximum atomic E-state index is 12.0. The minimum atomic E-state index is -0.309. The van der Waals surface area contributed by atoms with E-state index in [9.17, 15) is 9.59 Å². The highest BCUT2D eigenvalue weighted by Crippen LogP contribution is 2.30. The number of hydrogen-bond donors (Lipinski definition) is 0. The molecule has 5 heteroatoms. The molecule has 0 bridgehead atoms. The monoisotopic (exact) mass is 286 g/mol. The second-order valence-electron chi connectivity index (χ2n) is 5.50. The van der Waals surface area contributed by atoms with Gasteiger partial charge in [0.2, 0.25) is 0 Å². The van der Waals surface area contributed by atoms with Crippen LogP contribution < -0.4 is 0 Å². The number of aromatic nitrogens is 2. The average Bonchev–Trinajstić information content (AvgIpc) is 2.79. The largest absolute Gasteiger partial charge is 0.460 e. The van der Waals surface area contributed by atoms with E-state index in [1.165, 1.54) is 6.92 Å². The highest BCUT2D eigenvalue weighted by Gasteiger charge is 2.32. The number of carbonyl (C=O) groups is 2. The molecule has 2 atom stereocenters. The number of benzene rings is 1. The predicted molar refractivity (Wildman–Crippen MR) is 77.8 cm³/mol. The molecule has 1 aromatic heterocycles. The van der Waals surface area contributed by atoms with Gasteiger partial charge in [-0.05, 0) is 18.9 Å². The number of carbonyl (C=O) groups excluding carboxylic acids is 2. The Kier molecular flexibility index (Phi) is 3.73. The van der Waals surface area contributed by atoms with E-state index >= 15 is 0 Å². The zero-order valence-corrected chi connectivity index (χ0v) is 12.0. The summed E-state index contributed by atoms with van der Waals surface area (Å²) in [5.41, 5.74) is 0.967. The van der Waals surface area contributed by atoms with E-state index in [2.05, 4.69) is 5.10 Å². The second kappa shape index (κ2) is 5.68. The lowest BCUT2D eigenvalue weighted by atomic mass is 10.1. The number of hydrogen-bond acceptors (Lipinski definition) is 4. The van der Waals surface area contributed by atoms with Crippen LogP contribution in [0.4, 0.5) is 0 Å². The molecule has 0 spiro atoms. The number of rotatable bonds is 2. The maximum Gasteiger partial charge on any atom is 0.302 e. The van der Waals surface area contributed by atoms with E-state index in [4.69, 9.17) is 4.74 Å². The molecule has 1 aliphatic rings. The van der Waals surface area contributed by atoms with Crippen molar-refractivity contribution in [2.24, 2.45) is 0 Å². The molecule has 0 amide bonds. The molecule has 1 aromatic carbocycles. The number of fused-ring (bicyclic) bond motifs is 1. The highest BCUT2D eigenvalue weighted by molar-refractivity contribution is 5.81. The summed E-state index contributed by atoms with van der Waals surface area (Å²) in [5.74, 6) is -0.106. The summed E-state index contributed by atoms with van der Waals surface area (Å²) >= 11 is 0. The molecular weight excluding hydrogens is 268 g/mol. The fourth-order valence-corrected chi connectivity index (χ4v) is 3.01. The molecule has 1 fully saturated rings. The molecule has 1 aliphatic carbocycles. The van der Waals surface area contributed by atoms with Crippen molar-refractivity contribution in [3.63, 3.8) is 0 Å². The molecule has 0 saturated heterocycles. The van der Waals surface area contributed by atoms with Crippen molar-refractivity contribution >= 4 is 22.7 Å². The number of ether oxygens (including phenoxy) is 1. The van der Waals surface area contributed by atoms with E-state index in [1.807, 2.05) is 28.9 Å². The minimum Gasteiger partial charge on any atom is -0.460 e. The van der Waals surface area contributed by atoms with Crippen molar-refractivity contribution in [3.8, 4) is 0 Å². The normalized spacial score (nSPS) is 23.0. The van der Waals surface area contributed by atoms with Crippen LogP contribution in [-0.2, 0) is 14.3 Å². The van der Waals surface area contributed by atoms with Crippen LogP contribution >= 0.6 is 0 Å². The summed E-state index contributed by atoms with van der Waals surface area (Å²) in [6.07, 6.45) is 3.86. The van der Waals surface area contributed by atoms with Crippen LogP contribution in [0.3, 0.4) is 0 Å². The molecule has 2 unspecified atom stereocenters. The van der Waals surface area contributed by atoms with Gasteiger partial charge in [0, 0.05) is 25.2 Å². The molecule has 0 aliphatic heterocycles. The molecule has 3 rings (SSSR count). The van der Waals surface area contributed by atoms with Crippen molar-refractivity contribution in [3.05, 3.63) is 30.5 Å². The summed E-state index contributed by atoms with van der Waals surface area (Å²) in [5, 5.41) is 5.45. The average molecular weight is 286 g/mol. The minimum absolute atomic E-state index is 0.203. The third-order valence-electron chi connectivity index (χ3n) is 3.95. The molecule has 2 aromatic rings. The summed E-state index contributed by atoms with van der Waals surface area (Å²) in [4.78, 5) is 23.3. The van der Waals surface area contributed by atoms with Crippen molar-refractivity contribution < 1.29 is 14.3 Å². The lowest BCUT2D eigenvalue weighted by Gasteiger charge is -2.25. The Bertz CT molecular complexity index is 677.